The van der Waals surface area contributed by atoms with Crippen LogP contribution in [0, 0.1) is 6.92 Å². The van der Waals surface area contributed by atoms with E-state index in [9.17, 15) is 0 Å². The van der Waals surface area contributed by atoms with E-state index in [-0.39, 0.29) is 6.61 Å². The van der Waals surface area contributed by atoms with Crippen molar-refractivity contribution in [3.8, 4) is 5.69 Å². The van der Waals surface area contributed by atoms with Crippen LogP contribution in [0.5, 0.6) is 0 Å². The summed E-state index contributed by atoms with van der Waals surface area (Å²) in [5.74, 6) is 0. The maximum absolute atomic E-state index is 9.10. The first kappa shape index (κ1) is 12.1. The molecule has 1 atom stereocenters. The lowest BCUT2D eigenvalue weighted by Gasteiger charge is -2.14. The van der Waals surface area contributed by atoms with Gasteiger partial charge in [0.15, 0.2) is 0 Å². The lowest BCUT2D eigenvalue weighted by atomic mass is 10.2. The molecule has 3 N–H and O–H groups in total. The van der Waals surface area contributed by atoms with Crippen LogP contribution in [-0.2, 0) is 0 Å². The van der Waals surface area contributed by atoms with Gasteiger partial charge in [0, 0.05) is 0 Å². The summed E-state index contributed by atoms with van der Waals surface area (Å²) in [4.78, 5) is 4.05. The number of aliphatic hydroxyl groups excluding tert-OH is 1. The summed E-state index contributed by atoms with van der Waals surface area (Å²) < 4.78 is 1.80. The van der Waals surface area contributed by atoms with E-state index in [2.05, 4.69) is 4.98 Å². The SMILES string of the molecule is Cc1ccc(Cl)c(-n2cncc2C(N)CO)c1. The molecule has 0 saturated heterocycles. The predicted molar refractivity (Wildman–Crippen MR) is 67.3 cm³/mol. The number of imidazole rings is 1. The van der Waals surface area contributed by atoms with E-state index < -0.39 is 6.04 Å². The number of aryl methyl sites for hydroxylation is 1. The van der Waals surface area contributed by atoms with Crippen LogP contribution in [0.2, 0.25) is 5.02 Å². The molecule has 0 fully saturated rings. The fourth-order valence-corrected chi connectivity index (χ4v) is 1.89. The van der Waals surface area contributed by atoms with Gasteiger partial charge >= 0.3 is 0 Å². The van der Waals surface area contributed by atoms with E-state index in [1.165, 1.54) is 0 Å². The lowest BCUT2D eigenvalue weighted by Crippen LogP contribution is -2.18. The topological polar surface area (TPSA) is 64.1 Å². The zero-order chi connectivity index (χ0) is 12.4. The van der Waals surface area contributed by atoms with E-state index in [0.717, 1.165) is 16.9 Å². The molecule has 1 aromatic heterocycles. The first-order chi connectivity index (χ1) is 8.13. The van der Waals surface area contributed by atoms with E-state index >= 15 is 0 Å². The van der Waals surface area contributed by atoms with Gasteiger partial charge in [-0.25, -0.2) is 4.98 Å². The Bertz CT molecular complexity index is 524. The number of nitrogens with two attached hydrogens (primary N) is 1. The average molecular weight is 252 g/mol. The van der Waals surface area contributed by atoms with Gasteiger partial charge < -0.3 is 15.4 Å². The number of aromatic nitrogens is 2. The Morgan fingerprint density at radius 3 is 3.00 bits per heavy atom. The molecule has 0 saturated carbocycles. The molecule has 2 rings (SSSR count). The standard InChI is InChI=1S/C12H14ClN3O/c1-8-2-3-9(13)11(4-8)16-7-15-5-12(16)10(14)6-17/h2-5,7,10,17H,6,14H2,1H3. The minimum atomic E-state index is -0.464. The summed E-state index contributed by atoms with van der Waals surface area (Å²) in [5.41, 5.74) is 8.47. The average Bonchev–Trinajstić information content (AvgIpc) is 2.80. The Labute approximate surface area is 105 Å². The number of benzene rings is 1. The summed E-state index contributed by atoms with van der Waals surface area (Å²) in [6.45, 7) is 1.86. The molecule has 1 heterocycles. The van der Waals surface area contributed by atoms with Crippen LogP contribution < -0.4 is 5.73 Å². The third kappa shape index (κ3) is 2.34. The molecule has 90 valence electrons. The summed E-state index contributed by atoms with van der Waals surface area (Å²) in [7, 11) is 0. The van der Waals surface area contributed by atoms with Crippen LogP contribution in [0.1, 0.15) is 17.3 Å². The minimum absolute atomic E-state index is 0.130. The van der Waals surface area contributed by atoms with E-state index in [4.69, 9.17) is 22.4 Å². The third-order valence-electron chi connectivity index (χ3n) is 2.60. The van der Waals surface area contributed by atoms with Gasteiger partial charge in [0.2, 0.25) is 0 Å². The molecule has 0 bridgehead atoms. The highest BCUT2D eigenvalue weighted by atomic mass is 35.5. The summed E-state index contributed by atoms with van der Waals surface area (Å²) in [5, 5.41) is 9.73. The molecule has 0 amide bonds. The number of halogens is 1. The molecule has 0 radical (unpaired) electrons. The molecule has 0 aliphatic carbocycles. The van der Waals surface area contributed by atoms with Crippen molar-refractivity contribution in [3.63, 3.8) is 0 Å². The summed E-state index contributed by atoms with van der Waals surface area (Å²) in [6.07, 6.45) is 3.28. The highest BCUT2D eigenvalue weighted by molar-refractivity contribution is 6.32. The first-order valence-corrected chi connectivity index (χ1v) is 5.66. The number of rotatable bonds is 3. The molecule has 1 aromatic carbocycles. The summed E-state index contributed by atoms with van der Waals surface area (Å²) >= 11 is 6.16. The highest BCUT2D eigenvalue weighted by Gasteiger charge is 2.13. The van der Waals surface area contributed by atoms with Crippen molar-refractivity contribution < 1.29 is 5.11 Å². The smallest absolute Gasteiger partial charge is 0.0995 e. The normalized spacial score (nSPS) is 12.7. The Hall–Kier alpha value is -1.36. The number of hydrogen-bond donors (Lipinski definition) is 2. The third-order valence-corrected chi connectivity index (χ3v) is 2.92. The monoisotopic (exact) mass is 251 g/mol. The van der Waals surface area contributed by atoms with Crippen LogP contribution >= 0.6 is 11.6 Å². The van der Waals surface area contributed by atoms with Crippen molar-refractivity contribution >= 4 is 11.6 Å². The van der Waals surface area contributed by atoms with E-state index in [1.54, 1.807) is 17.1 Å². The predicted octanol–water partition coefficient (Wildman–Crippen LogP) is 1.83. The van der Waals surface area contributed by atoms with Crippen molar-refractivity contribution in [1.29, 1.82) is 0 Å². The van der Waals surface area contributed by atoms with Gasteiger partial charge in [-0.3, -0.25) is 0 Å². The Balaban J connectivity index is 2.53. The van der Waals surface area contributed by atoms with Gasteiger partial charge in [-0.1, -0.05) is 17.7 Å². The zero-order valence-corrected chi connectivity index (χ0v) is 10.2. The maximum atomic E-state index is 9.10. The van der Waals surface area contributed by atoms with Gasteiger partial charge in [0.25, 0.3) is 0 Å². The van der Waals surface area contributed by atoms with Gasteiger partial charge in [0.05, 0.1) is 41.6 Å². The van der Waals surface area contributed by atoms with E-state index in [0.29, 0.717) is 5.02 Å². The van der Waals surface area contributed by atoms with Crippen molar-refractivity contribution in [2.45, 2.75) is 13.0 Å². The zero-order valence-electron chi connectivity index (χ0n) is 9.47. The van der Waals surface area contributed by atoms with Crippen LogP contribution in [0.25, 0.3) is 5.69 Å². The largest absolute Gasteiger partial charge is 0.394 e. The molecule has 4 nitrogen and oxygen atoms in total. The van der Waals surface area contributed by atoms with Crippen LogP contribution in [0.4, 0.5) is 0 Å². The molecule has 17 heavy (non-hydrogen) atoms. The van der Waals surface area contributed by atoms with Gasteiger partial charge in [-0.05, 0) is 24.6 Å². The fraction of sp³-hybridized carbons (Fsp3) is 0.250. The molecule has 2 aromatic rings. The van der Waals surface area contributed by atoms with Gasteiger partial charge in [-0.2, -0.15) is 0 Å². The van der Waals surface area contributed by atoms with Crippen molar-refractivity contribution in [3.05, 3.63) is 47.0 Å². The molecule has 0 aliphatic rings. The second-order valence-corrected chi connectivity index (χ2v) is 4.34. The van der Waals surface area contributed by atoms with Crippen molar-refractivity contribution in [1.82, 2.24) is 9.55 Å². The van der Waals surface area contributed by atoms with Crippen LogP contribution in [0.3, 0.4) is 0 Å². The minimum Gasteiger partial charge on any atom is -0.394 e. The molecule has 0 aliphatic heterocycles. The van der Waals surface area contributed by atoms with Crippen molar-refractivity contribution in [2.24, 2.45) is 5.73 Å². The van der Waals surface area contributed by atoms with Crippen LogP contribution in [0.15, 0.2) is 30.7 Å². The highest BCUT2D eigenvalue weighted by Crippen LogP contribution is 2.24. The molecule has 1 unspecified atom stereocenters. The van der Waals surface area contributed by atoms with Crippen molar-refractivity contribution in [2.75, 3.05) is 6.61 Å². The van der Waals surface area contributed by atoms with Gasteiger partial charge in [-0.15, -0.1) is 0 Å². The summed E-state index contributed by atoms with van der Waals surface area (Å²) in [6, 6.07) is 5.26. The number of aliphatic hydroxyl groups is 1. The molecular formula is C12H14ClN3O. The second kappa shape index (κ2) is 4.87. The van der Waals surface area contributed by atoms with Crippen LogP contribution in [-0.4, -0.2) is 21.3 Å². The molecular weight excluding hydrogens is 238 g/mol. The Kier molecular flexibility index (Phi) is 3.47. The maximum Gasteiger partial charge on any atom is 0.0995 e. The fourth-order valence-electron chi connectivity index (χ4n) is 1.68. The van der Waals surface area contributed by atoms with Gasteiger partial charge in [0.1, 0.15) is 0 Å². The Morgan fingerprint density at radius 2 is 2.29 bits per heavy atom. The quantitative estimate of drug-likeness (QED) is 0.875. The number of nitrogens with zero attached hydrogens (tertiary/aromatic N) is 2. The van der Waals surface area contributed by atoms with E-state index in [1.807, 2.05) is 25.1 Å². The lowest BCUT2D eigenvalue weighted by molar-refractivity contribution is 0.265. The molecule has 5 heteroatoms. The first-order valence-electron chi connectivity index (χ1n) is 5.28. The second-order valence-electron chi connectivity index (χ2n) is 3.93. The Morgan fingerprint density at radius 1 is 1.53 bits per heavy atom. The molecule has 0 spiro atoms. The number of hydrogen-bond acceptors (Lipinski definition) is 3.